The van der Waals surface area contributed by atoms with Crippen LogP contribution in [-0.2, 0) is 19.6 Å². The number of carbonyl (C=O) groups is 1. The number of carbonyl (C=O) groups excluding carboxylic acids is 1. The van der Waals surface area contributed by atoms with Gasteiger partial charge < -0.3 is 14.4 Å². The van der Waals surface area contributed by atoms with Gasteiger partial charge in [0, 0.05) is 56.9 Å². The van der Waals surface area contributed by atoms with Crippen molar-refractivity contribution in [2.24, 2.45) is 0 Å². The standard InChI is InChI=1S/C32H33N7O/c1-23-18-24(2)28(19-27(23)21-36-12-14-37(15-13-36)29-11-7-6-10-26(29)20-33)32(40)38-16-17-39-30(22-38)34-35-31(39)25-8-4-3-5-9-25/h3-11,18-19H,12-17,21-22H2,1-2H3. The molecule has 6 rings (SSSR count). The third-order valence-electron chi connectivity index (χ3n) is 8.12. The quantitative estimate of drug-likeness (QED) is 0.380. The fraction of sp³-hybridized carbons (Fsp3) is 0.312. The highest BCUT2D eigenvalue weighted by Gasteiger charge is 2.27. The number of nitriles is 1. The van der Waals surface area contributed by atoms with Crippen LogP contribution in [0.1, 0.15) is 38.4 Å². The van der Waals surface area contributed by atoms with Crippen molar-refractivity contribution in [2.45, 2.75) is 33.5 Å². The highest BCUT2D eigenvalue weighted by Crippen LogP contribution is 2.26. The van der Waals surface area contributed by atoms with Gasteiger partial charge in [0.2, 0.25) is 0 Å². The molecule has 202 valence electrons. The van der Waals surface area contributed by atoms with Crippen molar-refractivity contribution in [3.63, 3.8) is 0 Å². The molecule has 1 saturated heterocycles. The van der Waals surface area contributed by atoms with E-state index in [1.807, 2.05) is 66.4 Å². The molecule has 0 radical (unpaired) electrons. The number of para-hydroxylation sites is 1. The van der Waals surface area contributed by atoms with Gasteiger partial charge in [0.15, 0.2) is 11.6 Å². The van der Waals surface area contributed by atoms with Crippen molar-refractivity contribution >= 4 is 11.6 Å². The van der Waals surface area contributed by atoms with E-state index < -0.39 is 0 Å². The van der Waals surface area contributed by atoms with Crippen LogP contribution < -0.4 is 4.90 Å². The van der Waals surface area contributed by atoms with E-state index in [-0.39, 0.29) is 5.91 Å². The second-order valence-electron chi connectivity index (χ2n) is 10.7. The minimum atomic E-state index is 0.0483. The predicted octanol–water partition coefficient (Wildman–Crippen LogP) is 4.41. The summed E-state index contributed by atoms with van der Waals surface area (Å²) in [5, 5.41) is 18.3. The van der Waals surface area contributed by atoms with Gasteiger partial charge in [-0.3, -0.25) is 9.69 Å². The molecule has 0 aliphatic carbocycles. The summed E-state index contributed by atoms with van der Waals surface area (Å²) in [4.78, 5) is 20.4. The molecule has 1 fully saturated rings. The van der Waals surface area contributed by atoms with E-state index in [9.17, 15) is 10.1 Å². The third-order valence-corrected chi connectivity index (χ3v) is 8.12. The van der Waals surface area contributed by atoms with Crippen molar-refractivity contribution in [1.82, 2.24) is 24.6 Å². The Morgan fingerprint density at radius 1 is 0.875 bits per heavy atom. The molecule has 0 N–H and O–H groups in total. The maximum atomic E-state index is 13.7. The van der Waals surface area contributed by atoms with Crippen LogP contribution in [0, 0.1) is 25.2 Å². The van der Waals surface area contributed by atoms with Crippen LogP contribution in [0.5, 0.6) is 0 Å². The predicted molar refractivity (Wildman–Crippen MR) is 155 cm³/mol. The molecule has 0 spiro atoms. The van der Waals surface area contributed by atoms with E-state index in [2.05, 4.69) is 49.7 Å². The molecule has 8 heteroatoms. The van der Waals surface area contributed by atoms with Gasteiger partial charge in [-0.05, 0) is 48.7 Å². The lowest BCUT2D eigenvalue weighted by atomic mass is 9.98. The number of nitrogens with zero attached hydrogens (tertiary/aromatic N) is 7. The van der Waals surface area contributed by atoms with Gasteiger partial charge in [0.1, 0.15) is 6.07 Å². The molecular formula is C32H33N7O. The van der Waals surface area contributed by atoms with E-state index in [0.29, 0.717) is 19.6 Å². The highest BCUT2D eigenvalue weighted by molar-refractivity contribution is 5.96. The molecule has 0 unspecified atom stereocenters. The molecule has 0 bridgehead atoms. The summed E-state index contributed by atoms with van der Waals surface area (Å²) in [7, 11) is 0. The van der Waals surface area contributed by atoms with Gasteiger partial charge in [-0.15, -0.1) is 10.2 Å². The lowest BCUT2D eigenvalue weighted by molar-refractivity contribution is 0.0707. The van der Waals surface area contributed by atoms with Crippen molar-refractivity contribution in [3.05, 3.63) is 100 Å². The molecule has 4 aromatic rings. The third kappa shape index (κ3) is 4.96. The van der Waals surface area contributed by atoms with Gasteiger partial charge in [-0.25, -0.2) is 0 Å². The molecule has 8 nitrogen and oxygen atoms in total. The summed E-state index contributed by atoms with van der Waals surface area (Å²) in [6, 6.07) is 24.4. The Bertz CT molecular complexity index is 1580. The first-order valence-electron chi connectivity index (χ1n) is 13.8. The number of piperazine rings is 1. The van der Waals surface area contributed by atoms with E-state index in [0.717, 1.165) is 72.3 Å². The summed E-state index contributed by atoms with van der Waals surface area (Å²) in [6.45, 7) is 10.3. The molecule has 0 atom stereocenters. The Morgan fingerprint density at radius 2 is 1.62 bits per heavy atom. The van der Waals surface area contributed by atoms with Crippen LogP contribution >= 0.6 is 0 Å². The normalized spacial score (nSPS) is 15.5. The first-order valence-corrected chi connectivity index (χ1v) is 13.8. The lowest BCUT2D eigenvalue weighted by Gasteiger charge is -2.36. The Kier molecular flexibility index (Phi) is 7.06. The van der Waals surface area contributed by atoms with Gasteiger partial charge in [-0.1, -0.05) is 48.5 Å². The lowest BCUT2D eigenvalue weighted by Crippen LogP contribution is -2.46. The van der Waals surface area contributed by atoms with Gasteiger partial charge in [-0.2, -0.15) is 5.26 Å². The SMILES string of the molecule is Cc1cc(C)c(C(=O)N2CCn3c(nnc3-c3ccccc3)C2)cc1CN1CCN(c2ccccc2C#N)CC1. The molecule has 1 amide bonds. The average Bonchev–Trinajstić information content (AvgIpc) is 3.42. The van der Waals surface area contributed by atoms with Gasteiger partial charge in [0.25, 0.3) is 5.91 Å². The largest absolute Gasteiger partial charge is 0.368 e. The number of benzene rings is 3. The molecule has 3 heterocycles. The number of anilines is 1. The number of aryl methyl sites for hydroxylation is 2. The van der Waals surface area contributed by atoms with Crippen molar-refractivity contribution in [1.29, 1.82) is 5.26 Å². The van der Waals surface area contributed by atoms with E-state index in [1.165, 1.54) is 11.1 Å². The maximum absolute atomic E-state index is 13.7. The van der Waals surface area contributed by atoms with Crippen LogP contribution in [0.15, 0.2) is 66.7 Å². The van der Waals surface area contributed by atoms with Crippen LogP contribution in [0.3, 0.4) is 0 Å². The Hall–Kier alpha value is -4.48. The van der Waals surface area contributed by atoms with Crippen LogP contribution in [-0.4, -0.2) is 63.2 Å². The summed E-state index contributed by atoms with van der Waals surface area (Å²) >= 11 is 0. The fourth-order valence-corrected chi connectivity index (χ4v) is 5.83. The van der Waals surface area contributed by atoms with Gasteiger partial charge >= 0.3 is 0 Å². The molecule has 1 aromatic heterocycles. The van der Waals surface area contributed by atoms with Crippen molar-refractivity contribution in [3.8, 4) is 17.5 Å². The summed E-state index contributed by atoms with van der Waals surface area (Å²) in [6.07, 6.45) is 0. The zero-order valence-corrected chi connectivity index (χ0v) is 23.0. The van der Waals surface area contributed by atoms with Crippen LogP contribution in [0.2, 0.25) is 0 Å². The molecule has 0 saturated carbocycles. The first kappa shape index (κ1) is 25.8. The number of hydrogen-bond acceptors (Lipinski definition) is 6. The fourth-order valence-electron chi connectivity index (χ4n) is 5.83. The minimum Gasteiger partial charge on any atom is -0.368 e. The smallest absolute Gasteiger partial charge is 0.254 e. The van der Waals surface area contributed by atoms with Crippen LogP contribution in [0.25, 0.3) is 11.4 Å². The number of amides is 1. The van der Waals surface area contributed by atoms with E-state index >= 15 is 0 Å². The van der Waals surface area contributed by atoms with Crippen molar-refractivity contribution in [2.75, 3.05) is 37.6 Å². The first-order chi connectivity index (χ1) is 19.5. The molecule has 2 aliphatic heterocycles. The minimum absolute atomic E-state index is 0.0483. The molecule has 3 aromatic carbocycles. The van der Waals surface area contributed by atoms with Gasteiger partial charge in [0.05, 0.1) is 17.8 Å². The summed E-state index contributed by atoms with van der Waals surface area (Å²) in [5.41, 5.74) is 6.93. The van der Waals surface area contributed by atoms with E-state index in [1.54, 1.807) is 0 Å². The van der Waals surface area contributed by atoms with E-state index in [4.69, 9.17) is 0 Å². The van der Waals surface area contributed by atoms with Crippen LogP contribution in [0.4, 0.5) is 5.69 Å². The summed E-state index contributed by atoms with van der Waals surface area (Å²) in [5.74, 6) is 1.72. The number of aromatic nitrogens is 3. The number of fused-ring (bicyclic) bond motifs is 1. The molecule has 40 heavy (non-hydrogen) atoms. The Morgan fingerprint density at radius 3 is 2.40 bits per heavy atom. The molecule has 2 aliphatic rings. The second kappa shape index (κ2) is 10.9. The monoisotopic (exact) mass is 531 g/mol. The zero-order chi connectivity index (χ0) is 27.6. The Balaban J connectivity index is 1.14. The highest BCUT2D eigenvalue weighted by atomic mass is 16.2. The number of rotatable bonds is 5. The average molecular weight is 532 g/mol. The second-order valence-corrected chi connectivity index (χ2v) is 10.7. The molecular weight excluding hydrogens is 498 g/mol. The topological polar surface area (TPSA) is 81.3 Å². The summed E-state index contributed by atoms with van der Waals surface area (Å²) < 4.78 is 2.13. The maximum Gasteiger partial charge on any atom is 0.254 e. The van der Waals surface area contributed by atoms with Crippen molar-refractivity contribution < 1.29 is 4.79 Å². The zero-order valence-electron chi connectivity index (χ0n) is 23.0. The number of hydrogen-bond donors (Lipinski definition) is 0. The Labute approximate surface area is 235 Å².